The maximum absolute atomic E-state index is 11.7. The second-order valence-electron chi connectivity index (χ2n) is 11.8. The van der Waals surface area contributed by atoms with Crippen LogP contribution in [0.2, 0.25) is 0 Å². The Hall–Kier alpha value is -2.75. The highest BCUT2D eigenvalue weighted by Crippen LogP contribution is 2.40. The number of ether oxygens (including phenoxy) is 1. The Morgan fingerprint density at radius 1 is 1.00 bits per heavy atom. The molecule has 6 rings (SSSR count). The van der Waals surface area contributed by atoms with E-state index in [2.05, 4.69) is 40.4 Å². The molecule has 37 heavy (non-hydrogen) atoms. The molecule has 2 unspecified atom stereocenters. The summed E-state index contributed by atoms with van der Waals surface area (Å²) in [5, 5.41) is 6.39. The maximum Gasteiger partial charge on any atom is 0.434 e. The molecule has 0 spiro atoms. The third kappa shape index (κ3) is 4.92. The molecule has 10 heteroatoms. The molecule has 200 valence electrons. The summed E-state index contributed by atoms with van der Waals surface area (Å²) in [6, 6.07) is 0.227. The van der Waals surface area contributed by atoms with E-state index >= 15 is 0 Å². The Morgan fingerprint density at radius 3 is 2.57 bits per heavy atom. The minimum atomic E-state index is -0.605. The first-order valence-electron chi connectivity index (χ1n) is 14.1. The zero-order valence-electron chi connectivity index (χ0n) is 22.3. The van der Waals surface area contributed by atoms with E-state index in [0.29, 0.717) is 42.4 Å². The summed E-state index contributed by atoms with van der Waals surface area (Å²) >= 11 is 0. The lowest BCUT2D eigenvalue weighted by atomic mass is 9.80. The Bertz CT molecular complexity index is 1290. The van der Waals surface area contributed by atoms with Crippen LogP contribution < -0.4 is 10.7 Å². The van der Waals surface area contributed by atoms with Crippen LogP contribution in [0.3, 0.4) is 0 Å². The van der Waals surface area contributed by atoms with Crippen molar-refractivity contribution < 1.29 is 9.15 Å². The van der Waals surface area contributed by atoms with E-state index in [4.69, 9.17) is 24.1 Å². The van der Waals surface area contributed by atoms with Crippen LogP contribution in [0, 0.1) is 17.8 Å². The van der Waals surface area contributed by atoms with Crippen LogP contribution in [-0.2, 0) is 11.3 Å². The predicted molar refractivity (Wildman–Crippen MR) is 141 cm³/mol. The fourth-order valence-electron chi connectivity index (χ4n) is 6.63. The number of rotatable bonds is 5. The number of hydrogen-bond acceptors (Lipinski definition) is 8. The zero-order valence-corrected chi connectivity index (χ0v) is 22.3. The van der Waals surface area contributed by atoms with Gasteiger partial charge in [0.15, 0.2) is 5.65 Å². The van der Waals surface area contributed by atoms with E-state index < -0.39 is 5.76 Å². The van der Waals surface area contributed by atoms with Gasteiger partial charge in [0.25, 0.3) is 5.89 Å². The maximum atomic E-state index is 11.7. The van der Waals surface area contributed by atoms with Crippen molar-refractivity contribution in [2.24, 2.45) is 17.8 Å². The number of H-pyrrole nitrogens is 1. The predicted octanol–water partition coefficient (Wildman–Crippen LogP) is 4.51. The Balaban J connectivity index is 1.52. The molecule has 2 saturated carbocycles. The highest BCUT2D eigenvalue weighted by atomic mass is 16.5. The SMILES string of the molecule is CC1CCC(Cn2c(N3CCOC[C@H]3C)nc3nc(-c4n[nH]c(=O)o4)nc(C4CCCC(C)C4)c32)CC1. The van der Waals surface area contributed by atoms with E-state index in [9.17, 15) is 4.79 Å². The van der Waals surface area contributed by atoms with Gasteiger partial charge in [0.1, 0.15) is 5.52 Å². The van der Waals surface area contributed by atoms with Gasteiger partial charge in [-0.2, -0.15) is 4.98 Å². The summed E-state index contributed by atoms with van der Waals surface area (Å²) in [5.74, 6) is 3.19. The molecule has 3 fully saturated rings. The largest absolute Gasteiger partial charge is 0.434 e. The number of hydrogen-bond donors (Lipinski definition) is 1. The lowest BCUT2D eigenvalue weighted by Crippen LogP contribution is -2.45. The molecule has 3 atom stereocenters. The number of nitrogens with zero attached hydrogens (tertiary/aromatic N) is 6. The van der Waals surface area contributed by atoms with E-state index in [1.165, 1.54) is 38.5 Å². The minimum absolute atomic E-state index is 0.120. The molecule has 4 heterocycles. The van der Waals surface area contributed by atoms with Crippen LogP contribution in [0.15, 0.2) is 9.21 Å². The molecule has 2 aliphatic carbocycles. The van der Waals surface area contributed by atoms with Crippen molar-refractivity contribution in [3.63, 3.8) is 0 Å². The molecule has 1 N–H and O–H groups in total. The summed E-state index contributed by atoms with van der Waals surface area (Å²) in [6.07, 6.45) is 9.67. The molecule has 0 bridgehead atoms. The van der Waals surface area contributed by atoms with E-state index in [-0.39, 0.29) is 11.9 Å². The van der Waals surface area contributed by atoms with Gasteiger partial charge < -0.3 is 18.6 Å². The number of aromatic amines is 1. The molecule has 0 aromatic carbocycles. The van der Waals surface area contributed by atoms with Crippen LogP contribution in [0.5, 0.6) is 0 Å². The van der Waals surface area contributed by atoms with Gasteiger partial charge >= 0.3 is 5.76 Å². The van der Waals surface area contributed by atoms with Gasteiger partial charge in [-0.05, 0) is 50.4 Å². The highest BCUT2D eigenvalue weighted by molar-refractivity contribution is 5.80. The highest BCUT2D eigenvalue weighted by Gasteiger charge is 2.32. The molecular formula is C27H39N7O3. The first-order chi connectivity index (χ1) is 18.0. The number of fused-ring (bicyclic) bond motifs is 1. The monoisotopic (exact) mass is 509 g/mol. The Morgan fingerprint density at radius 2 is 1.84 bits per heavy atom. The van der Waals surface area contributed by atoms with Gasteiger partial charge in [-0.25, -0.2) is 19.9 Å². The summed E-state index contributed by atoms with van der Waals surface area (Å²) in [6.45, 7) is 10.0. The van der Waals surface area contributed by atoms with Crippen molar-refractivity contribution in [3.8, 4) is 11.7 Å². The summed E-state index contributed by atoms with van der Waals surface area (Å²) < 4.78 is 13.5. The second-order valence-corrected chi connectivity index (χ2v) is 11.8. The third-order valence-corrected chi connectivity index (χ3v) is 8.76. The first-order valence-corrected chi connectivity index (χ1v) is 14.1. The molecule has 3 aromatic heterocycles. The van der Waals surface area contributed by atoms with Gasteiger partial charge in [0.2, 0.25) is 11.8 Å². The molecular weight excluding hydrogens is 470 g/mol. The number of anilines is 1. The number of morpholine rings is 1. The normalized spacial score (nSPS) is 29.2. The van der Waals surface area contributed by atoms with Crippen molar-refractivity contribution in [1.29, 1.82) is 0 Å². The molecule has 1 aliphatic heterocycles. The van der Waals surface area contributed by atoms with Crippen molar-refractivity contribution >= 4 is 17.1 Å². The Kier molecular flexibility index (Phi) is 6.77. The average molecular weight is 510 g/mol. The van der Waals surface area contributed by atoms with Crippen molar-refractivity contribution in [1.82, 2.24) is 29.7 Å². The quantitative estimate of drug-likeness (QED) is 0.534. The van der Waals surface area contributed by atoms with Crippen molar-refractivity contribution in [3.05, 3.63) is 16.2 Å². The van der Waals surface area contributed by atoms with Crippen molar-refractivity contribution in [2.45, 2.75) is 90.6 Å². The lowest BCUT2D eigenvalue weighted by molar-refractivity contribution is 0.0976. The van der Waals surface area contributed by atoms with Crippen LogP contribution in [-0.4, -0.2) is 55.5 Å². The lowest BCUT2D eigenvalue weighted by Gasteiger charge is -2.35. The van der Waals surface area contributed by atoms with Gasteiger partial charge in [-0.3, -0.25) is 0 Å². The molecule has 0 radical (unpaired) electrons. The molecule has 1 saturated heterocycles. The van der Waals surface area contributed by atoms with Crippen LogP contribution >= 0.6 is 0 Å². The van der Waals surface area contributed by atoms with E-state index in [0.717, 1.165) is 49.0 Å². The zero-order chi connectivity index (χ0) is 25.5. The second kappa shape index (κ2) is 10.2. The van der Waals surface area contributed by atoms with Crippen LogP contribution in [0.4, 0.5) is 5.95 Å². The molecule has 10 nitrogen and oxygen atoms in total. The van der Waals surface area contributed by atoms with Gasteiger partial charge in [-0.1, -0.05) is 39.5 Å². The first kappa shape index (κ1) is 24.6. The molecule has 0 amide bonds. The minimum Gasteiger partial charge on any atom is -0.384 e. The van der Waals surface area contributed by atoms with E-state index in [1.807, 2.05) is 0 Å². The van der Waals surface area contributed by atoms with Crippen LogP contribution in [0.25, 0.3) is 22.9 Å². The molecule has 3 aromatic rings. The average Bonchev–Trinajstić information content (AvgIpc) is 3.49. The smallest absolute Gasteiger partial charge is 0.384 e. The topological polar surface area (TPSA) is 115 Å². The number of nitrogens with one attached hydrogen (secondary N) is 1. The van der Waals surface area contributed by atoms with Gasteiger partial charge in [0, 0.05) is 19.0 Å². The van der Waals surface area contributed by atoms with Crippen LogP contribution in [0.1, 0.15) is 83.7 Å². The summed E-state index contributed by atoms with van der Waals surface area (Å²) in [5.41, 5.74) is 2.75. The standard InChI is InChI=1S/C27H39N7O3/c1-16-7-9-19(10-8-16)14-34-22-21(20-6-4-5-17(2)13-20)28-24(25-31-32-27(35)37-25)29-23(22)30-26(34)33-11-12-36-15-18(33)3/h16-20H,4-15H2,1-3H3,(H,32,35)/t16?,17?,18-,19?,20?/m1/s1. The Labute approximate surface area is 217 Å². The van der Waals surface area contributed by atoms with Crippen molar-refractivity contribution in [2.75, 3.05) is 24.7 Å². The number of aromatic nitrogens is 6. The third-order valence-electron chi connectivity index (χ3n) is 8.76. The number of imidazole rings is 1. The summed E-state index contributed by atoms with van der Waals surface area (Å²) in [7, 11) is 0. The van der Waals surface area contributed by atoms with E-state index in [1.54, 1.807) is 0 Å². The molecule has 3 aliphatic rings. The van der Waals surface area contributed by atoms with Gasteiger partial charge in [0.05, 0.1) is 24.9 Å². The fraction of sp³-hybridized carbons (Fsp3) is 0.741. The summed E-state index contributed by atoms with van der Waals surface area (Å²) in [4.78, 5) is 29.1. The fourth-order valence-corrected chi connectivity index (χ4v) is 6.63. The van der Waals surface area contributed by atoms with Gasteiger partial charge in [-0.15, -0.1) is 5.10 Å².